The Bertz CT molecular complexity index is 1710. The number of nitrogens with two attached hydrogens (primary N) is 1. The lowest BCUT2D eigenvalue weighted by Gasteiger charge is -2.29. The van der Waals surface area contributed by atoms with Crippen LogP contribution in [0.5, 0.6) is 0 Å². The van der Waals surface area contributed by atoms with Gasteiger partial charge in [0.05, 0.1) is 11.4 Å². The number of hydrogen-bond donors (Lipinski definition) is 3. The number of nitrogens with zero attached hydrogens (tertiary/aromatic N) is 2. The van der Waals surface area contributed by atoms with Gasteiger partial charge in [0.25, 0.3) is 5.91 Å². The van der Waals surface area contributed by atoms with Crippen LogP contribution in [-0.4, -0.2) is 66.2 Å². The molecular formula is C37H45F4N5O7. The number of alkyl halides is 3. The average molecular weight is 748 g/mol. The number of ether oxygens (including phenoxy) is 2. The molecule has 53 heavy (non-hydrogen) atoms. The molecule has 1 saturated carbocycles. The number of primary amides is 1. The second kappa shape index (κ2) is 16.8. The summed E-state index contributed by atoms with van der Waals surface area (Å²) in [7, 11) is 0. The fourth-order valence-electron chi connectivity index (χ4n) is 5.96. The third kappa shape index (κ3) is 11.2. The molecule has 1 aliphatic carbocycles. The van der Waals surface area contributed by atoms with E-state index < -0.39 is 96.9 Å². The van der Waals surface area contributed by atoms with E-state index in [4.69, 9.17) is 15.2 Å². The zero-order chi connectivity index (χ0) is 39.2. The summed E-state index contributed by atoms with van der Waals surface area (Å²) in [5.74, 6) is -8.41. The minimum absolute atomic E-state index is 0.0121. The van der Waals surface area contributed by atoms with Crippen molar-refractivity contribution >= 4 is 41.2 Å². The third-order valence-electron chi connectivity index (χ3n) is 8.74. The van der Waals surface area contributed by atoms with Crippen molar-refractivity contribution < 1.29 is 51.0 Å². The van der Waals surface area contributed by atoms with Crippen LogP contribution in [0.4, 0.5) is 28.0 Å². The standard InChI is InChI=1S/C37H45F4N5O7/c1-20(2)27(44-35(51)53-36(3,4)5)34(50)52-19-46-29-24(12-9-13-26(29)38)28(22-10-7-6-8-11-22)43-31(33(46)49)45-32(48)23(16-17-37(39,40)41)25(30(42)47)18-21-14-15-21/h6-13,20-21,23,25,27,31H,14-19H2,1-5H3,(H2,42,47)(H,44,51)(H,45,48)/t23-,25-,27+,31-/m1/s1. The monoisotopic (exact) mass is 747 g/mol. The fraction of sp³-hybridized carbons (Fsp3) is 0.514. The largest absolute Gasteiger partial charge is 0.444 e. The minimum atomic E-state index is -4.66. The molecule has 4 rings (SSSR count). The number of benzene rings is 2. The van der Waals surface area contributed by atoms with E-state index in [0.29, 0.717) is 5.56 Å². The van der Waals surface area contributed by atoms with Crippen molar-refractivity contribution in [2.45, 2.75) is 90.7 Å². The maximum absolute atomic E-state index is 15.8. The number of para-hydroxylation sites is 1. The van der Waals surface area contributed by atoms with Crippen molar-refractivity contribution in [2.75, 3.05) is 11.6 Å². The zero-order valence-corrected chi connectivity index (χ0v) is 30.2. The lowest BCUT2D eigenvalue weighted by atomic mass is 9.83. The fourth-order valence-corrected chi connectivity index (χ4v) is 5.96. The van der Waals surface area contributed by atoms with Crippen molar-refractivity contribution in [3.8, 4) is 0 Å². The number of benzodiazepines with no additional fused rings is 1. The average Bonchev–Trinajstić information content (AvgIpc) is 3.89. The van der Waals surface area contributed by atoms with Crippen molar-refractivity contribution in [2.24, 2.45) is 34.4 Å². The molecule has 288 valence electrons. The number of anilines is 1. The molecular weight excluding hydrogens is 702 g/mol. The number of carbonyl (C=O) groups excluding carboxylic acids is 5. The summed E-state index contributed by atoms with van der Waals surface area (Å²) in [6.45, 7) is 7.22. The third-order valence-corrected chi connectivity index (χ3v) is 8.74. The lowest BCUT2D eigenvalue weighted by molar-refractivity contribution is -0.149. The Balaban J connectivity index is 1.73. The summed E-state index contributed by atoms with van der Waals surface area (Å²) in [6.07, 6.45) is -8.09. The summed E-state index contributed by atoms with van der Waals surface area (Å²) >= 11 is 0. The molecule has 0 bridgehead atoms. The van der Waals surface area contributed by atoms with E-state index in [-0.39, 0.29) is 29.3 Å². The highest BCUT2D eigenvalue weighted by atomic mass is 19.4. The Kier molecular flexibility index (Phi) is 12.9. The van der Waals surface area contributed by atoms with Gasteiger partial charge in [-0.3, -0.25) is 19.3 Å². The van der Waals surface area contributed by atoms with E-state index in [9.17, 15) is 37.1 Å². The Morgan fingerprint density at radius 2 is 1.66 bits per heavy atom. The first kappa shape index (κ1) is 40.7. The number of halogens is 4. The number of alkyl carbamates (subject to hydrolysis) is 1. The second-order valence-electron chi connectivity index (χ2n) is 14.6. The van der Waals surface area contributed by atoms with E-state index in [1.165, 1.54) is 12.1 Å². The molecule has 2 aliphatic rings. The number of carbonyl (C=O) groups is 5. The van der Waals surface area contributed by atoms with Crippen molar-refractivity contribution in [3.63, 3.8) is 0 Å². The maximum Gasteiger partial charge on any atom is 0.408 e. The normalized spacial score (nSPS) is 17.8. The molecule has 1 heterocycles. The van der Waals surface area contributed by atoms with E-state index in [2.05, 4.69) is 15.6 Å². The van der Waals surface area contributed by atoms with E-state index in [1.807, 2.05) is 0 Å². The molecule has 4 N–H and O–H groups in total. The smallest absolute Gasteiger partial charge is 0.408 e. The molecule has 0 spiro atoms. The molecule has 4 amide bonds. The van der Waals surface area contributed by atoms with Crippen molar-refractivity contribution in [3.05, 3.63) is 65.5 Å². The van der Waals surface area contributed by atoms with Crippen molar-refractivity contribution in [1.29, 1.82) is 0 Å². The number of amides is 4. The zero-order valence-electron chi connectivity index (χ0n) is 30.2. The van der Waals surface area contributed by atoms with Gasteiger partial charge in [0, 0.05) is 29.4 Å². The van der Waals surface area contributed by atoms with Crippen LogP contribution in [0.25, 0.3) is 0 Å². The summed E-state index contributed by atoms with van der Waals surface area (Å²) < 4.78 is 66.9. The number of rotatable bonds is 14. The first-order valence-electron chi connectivity index (χ1n) is 17.3. The molecule has 0 unspecified atom stereocenters. The van der Waals surface area contributed by atoms with Crippen LogP contribution in [-0.2, 0) is 28.7 Å². The summed E-state index contributed by atoms with van der Waals surface area (Å²) in [4.78, 5) is 71.9. The van der Waals surface area contributed by atoms with Crippen LogP contribution in [0.1, 0.15) is 77.8 Å². The molecule has 0 aromatic heterocycles. The molecule has 0 saturated heterocycles. The number of hydrogen-bond acceptors (Lipinski definition) is 8. The van der Waals surface area contributed by atoms with Gasteiger partial charge in [0.2, 0.25) is 18.0 Å². The SMILES string of the molecule is CC(C)[C@H](NC(=O)OC(C)(C)C)C(=O)OCN1C(=O)[C@@H](NC(=O)[C@H](CCC(F)(F)F)[C@@H](CC2CC2)C(N)=O)N=C(c2ccccc2)c2cccc(F)c21. The van der Waals surface area contributed by atoms with Gasteiger partial charge in [-0.05, 0) is 51.5 Å². The van der Waals surface area contributed by atoms with Gasteiger partial charge in [-0.25, -0.2) is 19.0 Å². The van der Waals surface area contributed by atoms with Gasteiger partial charge in [-0.1, -0.05) is 69.2 Å². The molecule has 2 aromatic carbocycles. The van der Waals surface area contributed by atoms with Crippen LogP contribution >= 0.6 is 0 Å². The Hall–Kier alpha value is -5.02. The summed E-state index contributed by atoms with van der Waals surface area (Å²) in [6, 6.07) is 10.9. The van der Waals surface area contributed by atoms with Crippen LogP contribution in [0.15, 0.2) is 53.5 Å². The first-order chi connectivity index (χ1) is 24.8. The molecule has 1 aliphatic heterocycles. The molecule has 12 nitrogen and oxygen atoms in total. The van der Waals surface area contributed by atoms with Gasteiger partial charge in [0.15, 0.2) is 6.73 Å². The Labute approximate surface area is 304 Å². The van der Waals surface area contributed by atoms with Crippen LogP contribution in [0, 0.1) is 29.5 Å². The van der Waals surface area contributed by atoms with Gasteiger partial charge < -0.3 is 25.8 Å². The van der Waals surface area contributed by atoms with E-state index >= 15 is 4.39 Å². The molecule has 1 fully saturated rings. The molecule has 4 atom stereocenters. The number of aliphatic imine (C=N–C) groups is 1. The van der Waals surface area contributed by atoms with E-state index in [0.717, 1.165) is 23.8 Å². The highest BCUT2D eigenvalue weighted by Gasteiger charge is 2.42. The number of fused-ring (bicyclic) bond motifs is 1. The quantitative estimate of drug-likeness (QED) is 0.173. The Morgan fingerprint density at radius 3 is 2.23 bits per heavy atom. The minimum Gasteiger partial charge on any atom is -0.444 e. The topological polar surface area (TPSA) is 169 Å². The first-order valence-corrected chi connectivity index (χ1v) is 17.3. The van der Waals surface area contributed by atoms with Gasteiger partial charge >= 0.3 is 18.2 Å². The van der Waals surface area contributed by atoms with Gasteiger partial charge in [-0.15, -0.1) is 0 Å². The van der Waals surface area contributed by atoms with Crippen molar-refractivity contribution in [1.82, 2.24) is 10.6 Å². The Morgan fingerprint density at radius 1 is 1.00 bits per heavy atom. The predicted octanol–water partition coefficient (Wildman–Crippen LogP) is 5.36. The van der Waals surface area contributed by atoms with Crippen LogP contribution in [0.3, 0.4) is 0 Å². The van der Waals surface area contributed by atoms with E-state index in [1.54, 1.807) is 65.0 Å². The molecule has 2 aromatic rings. The van der Waals surface area contributed by atoms with Gasteiger partial charge in [-0.2, -0.15) is 13.2 Å². The number of esters is 1. The van der Waals surface area contributed by atoms with Crippen LogP contribution in [0.2, 0.25) is 0 Å². The van der Waals surface area contributed by atoms with Gasteiger partial charge in [0.1, 0.15) is 17.5 Å². The highest BCUT2D eigenvalue weighted by molar-refractivity contribution is 6.20. The highest BCUT2D eigenvalue weighted by Crippen LogP contribution is 2.39. The van der Waals surface area contributed by atoms with Crippen LogP contribution < -0.4 is 21.3 Å². The summed E-state index contributed by atoms with van der Waals surface area (Å²) in [5, 5.41) is 4.85. The molecule has 0 radical (unpaired) electrons. The predicted molar refractivity (Wildman–Crippen MR) is 186 cm³/mol. The molecule has 16 heteroatoms. The lowest BCUT2D eigenvalue weighted by Crippen LogP contribution is -2.52. The maximum atomic E-state index is 15.8. The second-order valence-corrected chi connectivity index (χ2v) is 14.6. The number of nitrogens with one attached hydrogen (secondary N) is 2. The summed E-state index contributed by atoms with van der Waals surface area (Å²) in [5.41, 5.74) is 4.88.